The minimum atomic E-state index is -0.245. The van der Waals surface area contributed by atoms with Gasteiger partial charge in [-0.1, -0.05) is 24.3 Å². The fourth-order valence-electron chi connectivity index (χ4n) is 4.24. The molecular formula is C25H25FN6O. The number of hydrogen-bond donors (Lipinski definition) is 1. The SMILES string of the molecule is CCN(Cc1cccc(F)c1)c1ccc2ncc(-c3ccc(N4CC(N)CC4=O)cc3)n2n1. The number of nitrogens with two attached hydrogens (primary N) is 1. The number of carbonyl (C=O) groups is 1. The summed E-state index contributed by atoms with van der Waals surface area (Å²) in [6, 6.07) is 18.1. The van der Waals surface area contributed by atoms with Crippen LogP contribution in [0.3, 0.4) is 0 Å². The molecule has 0 radical (unpaired) electrons. The second kappa shape index (κ2) is 8.63. The van der Waals surface area contributed by atoms with Crippen molar-refractivity contribution < 1.29 is 9.18 Å². The summed E-state index contributed by atoms with van der Waals surface area (Å²) in [5.74, 6) is 0.584. The topological polar surface area (TPSA) is 79.8 Å². The van der Waals surface area contributed by atoms with Gasteiger partial charge in [0.05, 0.1) is 11.9 Å². The molecule has 33 heavy (non-hydrogen) atoms. The van der Waals surface area contributed by atoms with Gasteiger partial charge in [-0.05, 0) is 48.9 Å². The molecule has 168 valence electrons. The number of rotatable bonds is 6. The third kappa shape index (κ3) is 4.17. The Morgan fingerprint density at radius 2 is 1.97 bits per heavy atom. The molecule has 1 unspecified atom stereocenters. The van der Waals surface area contributed by atoms with Crippen molar-refractivity contribution in [1.82, 2.24) is 14.6 Å². The third-order valence-corrected chi connectivity index (χ3v) is 5.95. The number of hydrogen-bond acceptors (Lipinski definition) is 5. The van der Waals surface area contributed by atoms with E-state index < -0.39 is 0 Å². The molecule has 8 heteroatoms. The van der Waals surface area contributed by atoms with Gasteiger partial charge in [0.15, 0.2) is 5.65 Å². The van der Waals surface area contributed by atoms with Crippen LogP contribution in [0.2, 0.25) is 0 Å². The molecule has 7 nitrogen and oxygen atoms in total. The normalized spacial score (nSPS) is 16.0. The Balaban J connectivity index is 1.44. The number of aromatic nitrogens is 3. The first-order valence-electron chi connectivity index (χ1n) is 11.0. The Labute approximate surface area is 191 Å². The average Bonchev–Trinajstić information content (AvgIpc) is 3.39. The fourth-order valence-corrected chi connectivity index (χ4v) is 4.24. The molecule has 2 N–H and O–H groups in total. The van der Waals surface area contributed by atoms with Crippen LogP contribution in [0.1, 0.15) is 18.9 Å². The molecule has 1 aliphatic rings. The van der Waals surface area contributed by atoms with Crippen molar-refractivity contribution in [2.45, 2.75) is 25.9 Å². The second-order valence-electron chi connectivity index (χ2n) is 8.26. The van der Waals surface area contributed by atoms with Gasteiger partial charge in [0.2, 0.25) is 5.91 Å². The van der Waals surface area contributed by atoms with Crippen LogP contribution in [0.4, 0.5) is 15.9 Å². The Morgan fingerprint density at radius 3 is 2.67 bits per heavy atom. The molecule has 0 bridgehead atoms. The Morgan fingerprint density at radius 1 is 1.15 bits per heavy atom. The van der Waals surface area contributed by atoms with Gasteiger partial charge in [0, 0.05) is 43.3 Å². The number of amides is 1. The Hall–Kier alpha value is -3.78. The smallest absolute Gasteiger partial charge is 0.228 e. The number of halogens is 1. The van der Waals surface area contributed by atoms with Gasteiger partial charge in [0.1, 0.15) is 11.6 Å². The van der Waals surface area contributed by atoms with Crippen molar-refractivity contribution >= 4 is 23.1 Å². The molecule has 1 atom stereocenters. The Bertz CT molecular complexity index is 1300. The quantitative estimate of drug-likeness (QED) is 0.491. The van der Waals surface area contributed by atoms with Crippen LogP contribution in [-0.4, -0.2) is 39.6 Å². The standard InChI is InChI=1S/C25H25FN6O/c1-2-30(15-17-4-3-5-19(26)12-17)24-11-10-23-28-14-22(32(23)29-24)18-6-8-21(9-7-18)31-16-20(27)13-25(31)33/h3-12,14,20H,2,13,15-16,27H2,1H3. The van der Waals surface area contributed by atoms with Crippen molar-refractivity contribution in [3.8, 4) is 11.3 Å². The van der Waals surface area contributed by atoms with Crippen molar-refractivity contribution in [3.05, 3.63) is 78.2 Å². The number of nitrogens with zero attached hydrogens (tertiary/aromatic N) is 5. The number of carbonyl (C=O) groups excluding carboxylic acids is 1. The first kappa shape index (κ1) is 21.1. The van der Waals surface area contributed by atoms with E-state index in [4.69, 9.17) is 10.8 Å². The molecule has 4 aromatic rings. The lowest BCUT2D eigenvalue weighted by atomic mass is 10.1. The molecular weight excluding hydrogens is 419 g/mol. The number of anilines is 2. The molecule has 1 saturated heterocycles. The molecule has 1 fully saturated rings. The summed E-state index contributed by atoms with van der Waals surface area (Å²) in [4.78, 5) is 20.5. The van der Waals surface area contributed by atoms with E-state index in [0.29, 0.717) is 19.5 Å². The lowest BCUT2D eigenvalue weighted by Crippen LogP contribution is -2.27. The average molecular weight is 445 g/mol. The van der Waals surface area contributed by atoms with Crippen LogP contribution in [0.25, 0.3) is 16.9 Å². The second-order valence-corrected chi connectivity index (χ2v) is 8.26. The van der Waals surface area contributed by atoms with Gasteiger partial charge in [-0.15, -0.1) is 5.10 Å². The summed E-state index contributed by atoms with van der Waals surface area (Å²) >= 11 is 0. The van der Waals surface area contributed by atoms with Crippen molar-refractivity contribution in [2.75, 3.05) is 22.9 Å². The molecule has 0 saturated carbocycles. The predicted octanol–water partition coefficient (Wildman–Crippen LogP) is 3.63. The van der Waals surface area contributed by atoms with Crippen LogP contribution in [0, 0.1) is 5.82 Å². The van der Waals surface area contributed by atoms with E-state index in [-0.39, 0.29) is 17.8 Å². The monoisotopic (exact) mass is 444 g/mol. The van der Waals surface area contributed by atoms with E-state index >= 15 is 0 Å². The van der Waals surface area contributed by atoms with Crippen molar-refractivity contribution in [3.63, 3.8) is 0 Å². The zero-order valence-electron chi connectivity index (χ0n) is 18.4. The van der Waals surface area contributed by atoms with E-state index in [1.165, 1.54) is 6.07 Å². The number of benzene rings is 2. The van der Waals surface area contributed by atoms with E-state index in [9.17, 15) is 9.18 Å². The van der Waals surface area contributed by atoms with Gasteiger partial charge >= 0.3 is 0 Å². The highest BCUT2D eigenvalue weighted by molar-refractivity contribution is 5.96. The number of imidazole rings is 1. The summed E-state index contributed by atoms with van der Waals surface area (Å²) in [7, 11) is 0. The lowest BCUT2D eigenvalue weighted by Gasteiger charge is -2.22. The maximum atomic E-state index is 13.6. The molecule has 0 spiro atoms. The highest BCUT2D eigenvalue weighted by atomic mass is 19.1. The summed E-state index contributed by atoms with van der Waals surface area (Å²) < 4.78 is 15.4. The van der Waals surface area contributed by atoms with Crippen molar-refractivity contribution in [2.24, 2.45) is 5.73 Å². The molecule has 0 aliphatic carbocycles. The molecule has 2 aromatic heterocycles. The Kier molecular flexibility index (Phi) is 5.51. The largest absolute Gasteiger partial charge is 0.351 e. The summed E-state index contributed by atoms with van der Waals surface area (Å²) in [6.07, 6.45) is 2.17. The zero-order valence-corrected chi connectivity index (χ0v) is 18.4. The van der Waals surface area contributed by atoms with Crippen LogP contribution in [0.5, 0.6) is 0 Å². The molecule has 2 aromatic carbocycles. The summed E-state index contributed by atoms with van der Waals surface area (Å²) in [6.45, 7) is 3.86. The van der Waals surface area contributed by atoms with Gasteiger partial charge in [-0.2, -0.15) is 0 Å². The third-order valence-electron chi connectivity index (χ3n) is 5.95. The number of fused-ring (bicyclic) bond motifs is 1. The van der Waals surface area contributed by atoms with E-state index in [1.54, 1.807) is 23.2 Å². The van der Waals surface area contributed by atoms with Crippen LogP contribution < -0.4 is 15.5 Å². The van der Waals surface area contributed by atoms with E-state index in [2.05, 4.69) is 9.88 Å². The van der Waals surface area contributed by atoms with Gasteiger partial charge in [0.25, 0.3) is 0 Å². The zero-order chi connectivity index (χ0) is 22.9. The predicted molar refractivity (Wildman–Crippen MR) is 126 cm³/mol. The molecule has 3 heterocycles. The maximum absolute atomic E-state index is 13.6. The summed E-state index contributed by atoms with van der Waals surface area (Å²) in [5.41, 5.74) is 10.2. The van der Waals surface area contributed by atoms with Crippen LogP contribution in [0.15, 0.2) is 66.9 Å². The fraction of sp³-hybridized carbons (Fsp3) is 0.240. The highest BCUT2D eigenvalue weighted by Crippen LogP contribution is 2.27. The van der Waals surface area contributed by atoms with E-state index in [0.717, 1.165) is 40.5 Å². The van der Waals surface area contributed by atoms with Crippen LogP contribution >= 0.6 is 0 Å². The highest BCUT2D eigenvalue weighted by Gasteiger charge is 2.28. The van der Waals surface area contributed by atoms with Gasteiger partial charge in [-0.25, -0.2) is 13.9 Å². The lowest BCUT2D eigenvalue weighted by molar-refractivity contribution is -0.117. The molecule has 5 rings (SSSR count). The minimum Gasteiger partial charge on any atom is -0.351 e. The maximum Gasteiger partial charge on any atom is 0.228 e. The van der Waals surface area contributed by atoms with E-state index in [1.807, 2.05) is 53.9 Å². The van der Waals surface area contributed by atoms with Gasteiger partial charge < -0.3 is 15.5 Å². The summed E-state index contributed by atoms with van der Waals surface area (Å²) in [5, 5.41) is 4.83. The van der Waals surface area contributed by atoms with Crippen molar-refractivity contribution in [1.29, 1.82) is 0 Å². The first-order valence-corrected chi connectivity index (χ1v) is 11.0. The van der Waals surface area contributed by atoms with Gasteiger partial charge in [-0.3, -0.25) is 4.79 Å². The van der Waals surface area contributed by atoms with Crippen LogP contribution in [-0.2, 0) is 11.3 Å². The molecule has 1 amide bonds. The first-order chi connectivity index (χ1) is 16.0. The molecule has 1 aliphatic heterocycles. The minimum absolute atomic E-state index is 0.0503.